The van der Waals surface area contributed by atoms with Gasteiger partial charge in [0, 0.05) is 43.9 Å². The fourth-order valence-electron chi connectivity index (χ4n) is 4.07. The van der Waals surface area contributed by atoms with Crippen LogP contribution in [0.2, 0.25) is 0 Å². The van der Waals surface area contributed by atoms with Gasteiger partial charge in [0.25, 0.3) is 5.91 Å². The molecule has 3 heterocycles. The number of piperazine rings is 1. The largest absolute Gasteiger partial charge is 0.366 e. The van der Waals surface area contributed by atoms with E-state index in [4.69, 9.17) is 5.10 Å². The fraction of sp³-hybridized carbons (Fsp3) is 0.458. The molecule has 0 unspecified atom stereocenters. The molecule has 1 aliphatic heterocycles. The van der Waals surface area contributed by atoms with E-state index in [0.29, 0.717) is 37.4 Å². The zero-order chi connectivity index (χ0) is 22.3. The van der Waals surface area contributed by atoms with Crippen LogP contribution in [0.5, 0.6) is 0 Å². The first-order chi connectivity index (χ1) is 14.7. The summed E-state index contributed by atoms with van der Waals surface area (Å²) in [6.07, 6.45) is 1.68. The van der Waals surface area contributed by atoms with Gasteiger partial charge in [0.1, 0.15) is 5.82 Å². The molecule has 0 radical (unpaired) electrons. The molecule has 0 saturated carbocycles. The minimum absolute atomic E-state index is 0.0425. The molecule has 0 bridgehead atoms. The molecule has 164 valence electrons. The number of hydrogen-bond acceptors (Lipinski definition) is 4. The summed E-state index contributed by atoms with van der Waals surface area (Å²) >= 11 is 0. The summed E-state index contributed by atoms with van der Waals surface area (Å²) in [5.41, 5.74) is 3.66. The molecule has 1 aliphatic rings. The molecule has 1 fully saturated rings. The molecular weight excluding hydrogens is 393 g/mol. The number of fused-ring (bicyclic) bond motifs is 1. The van der Waals surface area contributed by atoms with Crippen LogP contribution in [0.4, 0.5) is 10.1 Å². The molecule has 1 amide bonds. The van der Waals surface area contributed by atoms with Gasteiger partial charge in [-0.25, -0.2) is 13.9 Å². The van der Waals surface area contributed by atoms with Gasteiger partial charge in [-0.15, -0.1) is 0 Å². The van der Waals surface area contributed by atoms with E-state index in [1.54, 1.807) is 18.3 Å². The number of anilines is 1. The van der Waals surface area contributed by atoms with E-state index in [1.807, 2.05) is 26.4 Å². The number of rotatable bonds is 3. The number of para-hydroxylation sites is 1. The van der Waals surface area contributed by atoms with E-state index < -0.39 is 0 Å². The number of nitrogens with zero attached hydrogens (tertiary/aromatic N) is 5. The first-order valence-electron chi connectivity index (χ1n) is 10.8. The van der Waals surface area contributed by atoms with Gasteiger partial charge in [-0.1, -0.05) is 46.8 Å². The molecule has 7 heteroatoms. The van der Waals surface area contributed by atoms with Gasteiger partial charge in [-0.2, -0.15) is 5.10 Å². The van der Waals surface area contributed by atoms with Crippen molar-refractivity contribution in [3.05, 3.63) is 59.3 Å². The van der Waals surface area contributed by atoms with Crippen molar-refractivity contribution in [3.8, 4) is 0 Å². The summed E-state index contributed by atoms with van der Waals surface area (Å²) in [7, 11) is 0. The molecule has 4 rings (SSSR count). The van der Waals surface area contributed by atoms with Gasteiger partial charge in [-0.3, -0.25) is 4.79 Å². The van der Waals surface area contributed by atoms with Crippen molar-refractivity contribution in [2.24, 2.45) is 0 Å². The van der Waals surface area contributed by atoms with Crippen molar-refractivity contribution in [1.29, 1.82) is 0 Å². The Morgan fingerprint density at radius 1 is 1.10 bits per heavy atom. The maximum Gasteiger partial charge on any atom is 0.257 e. The second kappa shape index (κ2) is 7.94. The minimum Gasteiger partial charge on any atom is -0.366 e. The van der Waals surface area contributed by atoms with Crippen molar-refractivity contribution >= 4 is 17.2 Å². The summed E-state index contributed by atoms with van der Waals surface area (Å²) < 4.78 is 16.0. The molecule has 3 aromatic rings. The number of carbonyl (C=O) groups is 1. The number of amides is 1. The van der Waals surface area contributed by atoms with E-state index in [2.05, 4.69) is 39.6 Å². The topological polar surface area (TPSA) is 53.7 Å². The smallest absolute Gasteiger partial charge is 0.257 e. The Bertz CT molecular complexity index is 1110. The van der Waals surface area contributed by atoms with Crippen molar-refractivity contribution in [1.82, 2.24) is 19.5 Å². The zero-order valence-electron chi connectivity index (χ0n) is 18.9. The first-order valence-corrected chi connectivity index (χ1v) is 10.8. The highest BCUT2D eigenvalue weighted by molar-refractivity contribution is 5.95. The number of aromatic nitrogens is 3. The highest BCUT2D eigenvalue weighted by Crippen LogP contribution is 2.27. The van der Waals surface area contributed by atoms with Gasteiger partial charge >= 0.3 is 0 Å². The highest BCUT2D eigenvalue weighted by Gasteiger charge is 2.28. The van der Waals surface area contributed by atoms with Crippen molar-refractivity contribution in [2.75, 3.05) is 31.1 Å². The molecule has 0 atom stereocenters. The molecule has 0 N–H and O–H groups in total. The summed E-state index contributed by atoms with van der Waals surface area (Å²) in [5, 5.41) is 4.79. The third-order valence-electron chi connectivity index (χ3n) is 5.83. The van der Waals surface area contributed by atoms with Crippen LogP contribution in [0, 0.1) is 5.82 Å². The quantitative estimate of drug-likeness (QED) is 0.632. The minimum atomic E-state index is -0.229. The van der Waals surface area contributed by atoms with Crippen molar-refractivity contribution in [3.63, 3.8) is 0 Å². The van der Waals surface area contributed by atoms with Crippen LogP contribution >= 0.6 is 0 Å². The summed E-state index contributed by atoms with van der Waals surface area (Å²) in [6, 6.07) is 8.77. The lowest BCUT2D eigenvalue weighted by atomic mass is 9.93. The average Bonchev–Trinajstić information content (AvgIpc) is 3.18. The molecule has 31 heavy (non-hydrogen) atoms. The predicted octanol–water partition coefficient (Wildman–Crippen LogP) is 4.25. The third kappa shape index (κ3) is 4.01. The van der Waals surface area contributed by atoms with Crippen LogP contribution in [0.25, 0.3) is 5.65 Å². The van der Waals surface area contributed by atoms with Crippen LogP contribution in [0.15, 0.2) is 36.5 Å². The lowest BCUT2D eigenvalue weighted by Crippen LogP contribution is -2.49. The summed E-state index contributed by atoms with van der Waals surface area (Å²) in [6.45, 7) is 12.7. The Labute approximate surface area is 182 Å². The Morgan fingerprint density at radius 3 is 2.39 bits per heavy atom. The van der Waals surface area contributed by atoms with E-state index in [0.717, 1.165) is 17.0 Å². The second-order valence-corrected chi connectivity index (χ2v) is 9.49. The van der Waals surface area contributed by atoms with E-state index in [9.17, 15) is 9.18 Å². The number of halogens is 1. The van der Waals surface area contributed by atoms with Crippen LogP contribution in [0.3, 0.4) is 0 Å². The maximum absolute atomic E-state index is 14.1. The first kappa shape index (κ1) is 21.3. The fourth-order valence-corrected chi connectivity index (χ4v) is 4.07. The molecule has 1 saturated heterocycles. The zero-order valence-corrected chi connectivity index (χ0v) is 18.9. The van der Waals surface area contributed by atoms with Crippen molar-refractivity contribution in [2.45, 2.75) is 46.0 Å². The second-order valence-electron chi connectivity index (χ2n) is 9.49. The van der Waals surface area contributed by atoms with E-state index in [1.165, 1.54) is 6.07 Å². The molecule has 1 aromatic carbocycles. The molecule has 0 spiro atoms. The highest BCUT2D eigenvalue weighted by atomic mass is 19.1. The van der Waals surface area contributed by atoms with Gasteiger partial charge < -0.3 is 9.80 Å². The summed E-state index contributed by atoms with van der Waals surface area (Å²) in [4.78, 5) is 21.8. The Hall–Kier alpha value is -2.96. The molecular formula is C24H30FN5O. The van der Waals surface area contributed by atoms with E-state index >= 15 is 0 Å². The van der Waals surface area contributed by atoms with Crippen LogP contribution in [0.1, 0.15) is 62.3 Å². The standard InChI is InChI=1S/C24H30FN5O/c1-16(2)22-17(15-26-21-14-20(24(3,4)5)27-30(21)22)23(31)29-12-10-28(11-13-29)19-9-7-6-8-18(19)25/h6-9,14-16H,10-13H2,1-5H3. The lowest BCUT2D eigenvalue weighted by Gasteiger charge is -2.36. The average molecular weight is 424 g/mol. The third-order valence-corrected chi connectivity index (χ3v) is 5.83. The monoisotopic (exact) mass is 423 g/mol. The maximum atomic E-state index is 14.1. The van der Waals surface area contributed by atoms with Crippen LogP contribution in [-0.4, -0.2) is 51.6 Å². The van der Waals surface area contributed by atoms with Gasteiger partial charge in [0.05, 0.1) is 22.6 Å². The van der Waals surface area contributed by atoms with Gasteiger partial charge in [0.15, 0.2) is 5.65 Å². The normalized spacial score (nSPS) is 15.2. The summed E-state index contributed by atoms with van der Waals surface area (Å²) in [5.74, 6) is -0.164. The number of benzene rings is 1. The Balaban J connectivity index is 1.61. The van der Waals surface area contributed by atoms with Crippen LogP contribution in [-0.2, 0) is 5.41 Å². The van der Waals surface area contributed by atoms with Gasteiger partial charge in [-0.05, 0) is 18.1 Å². The predicted molar refractivity (Wildman–Crippen MR) is 120 cm³/mol. The number of hydrogen-bond donors (Lipinski definition) is 0. The molecule has 0 aliphatic carbocycles. The number of carbonyl (C=O) groups excluding carboxylic acids is 1. The Kier molecular flexibility index (Phi) is 5.45. The van der Waals surface area contributed by atoms with Crippen LogP contribution < -0.4 is 4.90 Å². The van der Waals surface area contributed by atoms with Gasteiger partial charge in [0.2, 0.25) is 0 Å². The van der Waals surface area contributed by atoms with E-state index in [-0.39, 0.29) is 23.1 Å². The SMILES string of the molecule is CC(C)c1c(C(=O)N2CCN(c3ccccc3F)CC2)cnc2cc(C(C)(C)C)nn12. The lowest BCUT2D eigenvalue weighted by molar-refractivity contribution is 0.0743. The van der Waals surface area contributed by atoms with Crippen molar-refractivity contribution < 1.29 is 9.18 Å². The Morgan fingerprint density at radius 2 is 1.77 bits per heavy atom. The molecule has 2 aromatic heterocycles. The molecule has 6 nitrogen and oxygen atoms in total.